The van der Waals surface area contributed by atoms with E-state index in [1.165, 1.54) is 172 Å². The minimum absolute atomic E-state index is 0. The molecule has 0 N–H and O–H groups in total. The lowest BCUT2D eigenvalue weighted by Crippen LogP contribution is -3.00. The van der Waals surface area contributed by atoms with Crippen LogP contribution in [0.1, 0.15) is 196 Å². The second-order valence-electron chi connectivity index (χ2n) is 13.6. The molecule has 218 valence electrons. The van der Waals surface area contributed by atoms with Gasteiger partial charge in [0.15, 0.2) is 0 Å². The molecule has 1 heterocycles. The van der Waals surface area contributed by atoms with E-state index in [1.54, 1.807) is 0 Å². The molecule has 0 aromatic rings. The summed E-state index contributed by atoms with van der Waals surface area (Å²) < 4.78 is 1.40. The van der Waals surface area contributed by atoms with Gasteiger partial charge in [-0.25, -0.2) is 0 Å². The third-order valence-corrected chi connectivity index (χ3v) is 9.93. The fourth-order valence-corrected chi connectivity index (χ4v) is 7.42. The monoisotopic (exact) mass is 528 g/mol. The quantitative estimate of drug-likeness (QED) is 0.0974. The van der Waals surface area contributed by atoms with Gasteiger partial charge in [0.05, 0.1) is 24.2 Å². The van der Waals surface area contributed by atoms with E-state index in [9.17, 15) is 0 Å². The average Bonchev–Trinajstić information content (AvgIpc) is 3.10. The van der Waals surface area contributed by atoms with E-state index in [-0.39, 0.29) is 12.4 Å². The van der Waals surface area contributed by atoms with Crippen molar-refractivity contribution in [1.29, 1.82) is 0 Å². The zero-order valence-electron chi connectivity index (χ0n) is 26.2. The molecule has 0 aromatic carbocycles. The molecule has 1 aliphatic heterocycles. The Bertz CT molecular complexity index is 440. The number of likely N-dealkylation sites (tertiary alicyclic amines) is 1. The van der Waals surface area contributed by atoms with Gasteiger partial charge < -0.3 is 16.9 Å². The normalized spacial score (nSPS) is 16.5. The smallest absolute Gasteiger partial charge is 0.0939 e. The van der Waals surface area contributed by atoms with Crippen LogP contribution in [0.3, 0.4) is 0 Å². The van der Waals surface area contributed by atoms with Crippen LogP contribution in [0.25, 0.3) is 0 Å². The second-order valence-corrected chi connectivity index (χ2v) is 13.6. The lowest BCUT2D eigenvalue weighted by molar-refractivity contribution is -1.01. The van der Waals surface area contributed by atoms with Gasteiger partial charge in [0.2, 0.25) is 0 Å². The maximum absolute atomic E-state index is 2.65. The van der Waals surface area contributed by atoms with Crippen molar-refractivity contribution in [3.8, 4) is 0 Å². The molecule has 1 saturated heterocycles. The van der Waals surface area contributed by atoms with Gasteiger partial charge in [-0.15, -0.1) is 0 Å². The van der Waals surface area contributed by atoms with Gasteiger partial charge in [0.25, 0.3) is 0 Å². The van der Waals surface area contributed by atoms with Crippen LogP contribution < -0.4 is 12.4 Å². The second kappa shape index (κ2) is 21.1. The Hall–Kier alpha value is 0.250. The molecule has 0 atom stereocenters. The first kappa shape index (κ1) is 36.2. The summed E-state index contributed by atoms with van der Waals surface area (Å²) >= 11 is 0. The number of halogens is 1. The van der Waals surface area contributed by atoms with Crippen LogP contribution in [-0.2, 0) is 0 Å². The highest BCUT2D eigenvalue weighted by Gasteiger charge is 2.52. The summed E-state index contributed by atoms with van der Waals surface area (Å²) in [7, 11) is 0. The standard InChI is InChI=1S/C34H70N.ClH/c1-7-9-11-13-15-17-19-21-25-29-33(3,4)35(31-27-23-24-28-32-35)34(5,6)30-26-22-20-18-16-14-12-10-8-2;/h7-32H2,1-6H3;1H/q+1;/p-1. The number of rotatable bonds is 22. The molecule has 0 unspecified atom stereocenters. The van der Waals surface area contributed by atoms with Crippen molar-refractivity contribution in [2.24, 2.45) is 0 Å². The van der Waals surface area contributed by atoms with Gasteiger partial charge in [-0.3, -0.25) is 0 Å². The van der Waals surface area contributed by atoms with E-state index < -0.39 is 0 Å². The third kappa shape index (κ3) is 13.4. The van der Waals surface area contributed by atoms with Gasteiger partial charge in [0.1, 0.15) is 0 Å². The van der Waals surface area contributed by atoms with Crippen LogP contribution in [-0.4, -0.2) is 28.7 Å². The Balaban J connectivity index is 0.0000122. The predicted octanol–water partition coefficient (Wildman–Crippen LogP) is 8.78. The summed E-state index contributed by atoms with van der Waals surface area (Å²) in [4.78, 5) is 0. The maximum Gasteiger partial charge on any atom is 0.0939 e. The molecular formula is C34H70ClN. The first-order valence-corrected chi connectivity index (χ1v) is 16.7. The van der Waals surface area contributed by atoms with E-state index in [4.69, 9.17) is 0 Å². The van der Waals surface area contributed by atoms with E-state index in [2.05, 4.69) is 41.5 Å². The van der Waals surface area contributed by atoms with Crippen LogP contribution >= 0.6 is 0 Å². The van der Waals surface area contributed by atoms with Crippen molar-refractivity contribution in [2.75, 3.05) is 13.1 Å². The van der Waals surface area contributed by atoms with Crippen molar-refractivity contribution >= 4 is 0 Å². The van der Waals surface area contributed by atoms with Crippen LogP contribution in [0.5, 0.6) is 0 Å². The number of unbranched alkanes of at least 4 members (excludes halogenated alkanes) is 16. The van der Waals surface area contributed by atoms with Gasteiger partial charge in [-0.1, -0.05) is 117 Å². The fourth-order valence-electron chi connectivity index (χ4n) is 7.42. The highest BCUT2D eigenvalue weighted by Crippen LogP contribution is 2.43. The molecule has 0 saturated carbocycles. The fraction of sp³-hybridized carbons (Fsp3) is 1.00. The number of quaternary nitrogens is 1. The molecule has 0 radical (unpaired) electrons. The Morgan fingerprint density at radius 2 is 0.694 bits per heavy atom. The van der Waals surface area contributed by atoms with E-state index in [1.807, 2.05) is 0 Å². The summed E-state index contributed by atoms with van der Waals surface area (Å²) in [6.07, 6.45) is 34.7. The molecule has 1 rings (SSSR count). The number of hydrogen-bond donors (Lipinski definition) is 0. The molecule has 1 aliphatic rings. The van der Waals surface area contributed by atoms with Crippen LogP contribution in [0.15, 0.2) is 0 Å². The van der Waals surface area contributed by atoms with E-state index in [0.29, 0.717) is 11.1 Å². The number of hydrogen-bond acceptors (Lipinski definition) is 0. The van der Waals surface area contributed by atoms with Crippen molar-refractivity contribution < 1.29 is 16.9 Å². The lowest BCUT2D eigenvalue weighted by atomic mass is 9.81. The maximum atomic E-state index is 2.65. The molecule has 2 heteroatoms. The molecule has 36 heavy (non-hydrogen) atoms. The van der Waals surface area contributed by atoms with Crippen molar-refractivity contribution in [3.63, 3.8) is 0 Å². The molecule has 1 nitrogen and oxygen atoms in total. The van der Waals surface area contributed by atoms with Crippen LogP contribution in [0.4, 0.5) is 0 Å². The largest absolute Gasteiger partial charge is 1.00 e. The molecule has 0 spiro atoms. The summed E-state index contributed by atoms with van der Waals surface area (Å²) in [5.74, 6) is 0. The Morgan fingerprint density at radius 3 is 1.00 bits per heavy atom. The molecular weight excluding hydrogens is 458 g/mol. The Labute approximate surface area is 236 Å². The summed E-state index contributed by atoms with van der Waals surface area (Å²) in [5.41, 5.74) is 0.822. The zero-order valence-corrected chi connectivity index (χ0v) is 27.0. The van der Waals surface area contributed by atoms with Gasteiger partial charge in [0, 0.05) is 12.8 Å². The van der Waals surface area contributed by atoms with E-state index in [0.717, 1.165) is 0 Å². The third-order valence-electron chi connectivity index (χ3n) is 9.93. The Kier molecular flexibility index (Phi) is 21.3. The SMILES string of the molecule is CCCCCCCCCCCC(C)(C)[N+]1(C(C)(C)CCCCCCCCCCC)CCCCCC1.[Cl-]. The van der Waals surface area contributed by atoms with Crippen molar-refractivity contribution in [2.45, 2.75) is 207 Å². The van der Waals surface area contributed by atoms with Gasteiger partial charge in [-0.05, 0) is 66.2 Å². The van der Waals surface area contributed by atoms with Gasteiger partial charge >= 0.3 is 0 Å². The minimum atomic E-state index is 0. The summed E-state index contributed by atoms with van der Waals surface area (Å²) in [6.45, 7) is 18.1. The van der Waals surface area contributed by atoms with Crippen molar-refractivity contribution in [3.05, 3.63) is 0 Å². The molecule has 0 amide bonds. The average molecular weight is 528 g/mol. The minimum Gasteiger partial charge on any atom is -1.00 e. The first-order valence-electron chi connectivity index (χ1n) is 16.7. The molecule has 0 bridgehead atoms. The Morgan fingerprint density at radius 1 is 0.417 bits per heavy atom. The van der Waals surface area contributed by atoms with Crippen LogP contribution in [0, 0.1) is 0 Å². The number of nitrogens with zero attached hydrogens (tertiary/aromatic N) is 1. The van der Waals surface area contributed by atoms with Crippen molar-refractivity contribution in [1.82, 2.24) is 0 Å². The van der Waals surface area contributed by atoms with Gasteiger partial charge in [-0.2, -0.15) is 0 Å². The van der Waals surface area contributed by atoms with E-state index >= 15 is 0 Å². The topological polar surface area (TPSA) is 0 Å². The molecule has 0 aromatic heterocycles. The summed E-state index contributed by atoms with van der Waals surface area (Å²) in [5, 5.41) is 0. The first-order chi connectivity index (χ1) is 16.8. The summed E-state index contributed by atoms with van der Waals surface area (Å²) in [6, 6.07) is 0. The molecule has 1 fully saturated rings. The zero-order chi connectivity index (χ0) is 25.9. The predicted molar refractivity (Wildman–Crippen MR) is 160 cm³/mol. The molecule has 0 aliphatic carbocycles. The van der Waals surface area contributed by atoms with Crippen LogP contribution in [0.2, 0.25) is 0 Å². The highest BCUT2D eigenvalue weighted by atomic mass is 35.5. The highest BCUT2D eigenvalue weighted by molar-refractivity contribution is 4.83. The lowest BCUT2D eigenvalue weighted by Gasteiger charge is -2.59.